The minimum atomic E-state index is -0.938. The molecular formula is C12H20N2O5. The highest BCUT2D eigenvalue weighted by atomic mass is 16.5. The lowest BCUT2D eigenvalue weighted by Gasteiger charge is -2.34. The molecule has 108 valence electrons. The first-order valence-electron chi connectivity index (χ1n) is 6.54. The van der Waals surface area contributed by atoms with Gasteiger partial charge in [0.25, 0.3) is 0 Å². The lowest BCUT2D eigenvalue weighted by atomic mass is 9.89. The Morgan fingerprint density at radius 1 is 1.37 bits per heavy atom. The Labute approximate surface area is 111 Å². The molecule has 7 nitrogen and oxygen atoms in total. The number of methoxy groups -OCH3 is 1. The second kappa shape index (κ2) is 6.21. The Balaban J connectivity index is 1.58. The van der Waals surface area contributed by atoms with E-state index in [4.69, 9.17) is 14.6 Å². The van der Waals surface area contributed by atoms with Crippen LogP contribution in [0.25, 0.3) is 0 Å². The van der Waals surface area contributed by atoms with Crippen LogP contribution in [-0.2, 0) is 14.3 Å². The lowest BCUT2D eigenvalue weighted by Crippen LogP contribution is -2.51. The third-order valence-electron chi connectivity index (χ3n) is 3.64. The molecule has 2 amide bonds. The van der Waals surface area contributed by atoms with Crippen LogP contribution in [0.3, 0.4) is 0 Å². The molecule has 1 saturated carbocycles. The van der Waals surface area contributed by atoms with E-state index >= 15 is 0 Å². The molecule has 2 unspecified atom stereocenters. The third-order valence-corrected chi connectivity index (χ3v) is 3.64. The highest BCUT2D eigenvalue weighted by Gasteiger charge is 2.32. The Morgan fingerprint density at radius 2 is 2.11 bits per heavy atom. The van der Waals surface area contributed by atoms with Crippen molar-refractivity contribution in [3.8, 4) is 0 Å². The van der Waals surface area contributed by atoms with Gasteiger partial charge in [0.05, 0.1) is 12.2 Å². The van der Waals surface area contributed by atoms with Gasteiger partial charge in [-0.3, -0.25) is 0 Å². The van der Waals surface area contributed by atoms with E-state index in [-0.39, 0.29) is 24.3 Å². The number of hydrogen-bond donors (Lipinski definition) is 3. The molecule has 0 aromatic heterocycles. The standard InChI is InChI=1S/C12H20N2O5/c1-18-9-4-7(5-9)14-12(17)13-6-8-2-3-10(19-8)11(15)16/h7-10H,2-6H2,1H3,(H,15,16)(H2,13,14,17). The molecule has 0 aromatic carbocycles. The van der Waals surface area contributed by atoms with Crippen LogP contribution in [0.1, 0.15) is 25.7 Å². The Bertz CT molecular complexity index is 343. The summed E-state index contributed by atoms with van der Waals surface area (Å²) in [5.74, 6) is -0.938. The van der Waals surface area contributed by atoms with Crippen molar-refractivity contribution in [3.05, 3.63) is 0 Å². The molecule has 1 saturated heterocycles. The van der Waals surface area contributed by atoms with Gasteiger partial charge >= 0.3 is 12.0 Å². The number of carboxylic acid groups (broad SMARTS) is 1. The molecule has 1 heterocycles. The summed E-state index contributed by atoms with van der Waals surface area (Å²) in [4.78, 5) is 22.3. The van der Waals surface area contributed by atoms with E-state index in [1.54, 1.807) is 7.11 Å². The van der Waals surface area contributed by atoms with Crippen molar-refractivity contribution in [2.75, 3.05) is 13.7 Å². The second-order valence-electron chi connectivity index (χ2n) is 5.04. The van der Waals surface area contributed by atoms with Gasteiger partial charge in [-0.05, 0) is 25.7 Å². The van der Waals surface area contributed by atoms with Crippen molar-refractivity contribution >= 4 is 12.0 Å². The SMILES string of the molecule is COC1CC(NC(=O)NCC2CCC(C(=O)O)O2)C1. The fraction of sp³-hybridized carbons (Fsp3) is 0.833. The molecule has 1 aliphatic heterocycles. The third kappa shape index (κ3) is 3.81. The van der Waals surface area contributed by atoms with Crippen molar-refractivity contribution in [2.45, 2.75) is 50.0 Å². The van der Waals surface area contributed by atoms with Crippen molar-refractivity contribution in [2.24, 2.45) is 0 Å². The Morgan fingerprint density at radius 3 is 2.68 bits per heavy atom. The number of rotatable bonds is 5. The lowest BCUT2D eigenvalue weighted by molar-refractivity contribution is -0.149. The van der Waals surface area contributed by atoms with Gasteiger partial charge in [0.2, 0.25) is 0 Å². The summed E-state index contributed by atoms with van der Waals surface area (Å²) < 4.78 is 10.4. The van der Waals surface area contributed by atoms with Crippen LogP contribution in [0, 0.1) is 0 Å². The summed E-state index contributed by atoms with van der Waals surface area (Å²) in [6.45, 7) is 0.343. The van der Waals surface area contributed by atoms with E-state index in [1.165, 1.54) is 0 Å². The van der Waals surface area contributed by atoms with Gasteiger partial charge in [-0.1, -0.05) is 0 Å². The molecular weight excluding hydrogens is 252 g/mol. The van der Waals surface area contributed by atoms with Crippen LogP contribution in [0.5, 0.6) is 0 Å². The van der Waals surface area contributed by atoms with Crippen LogP contribution in [0.2, 0.25) is 0 Å². The smallest absolute Gasteiger partial charge is 0.332 e. The van der Waals surface area contributed by atoms with Gasteiger partial charge in [0.1, 0.15) is 0 Å². The number of carbonyl (C=O) groups is 2. The predicted molar refractivity (Wildman–Crippen MR) is 65.9 cm³/mol. The Hall–Kier alpha value is -1.34. The van der Waals surface area contributed by atoms with E-state index < -0.39 is 12.1 Å². The molecule has 0 spiro atoms. The maximum atomic E-state index is 11.6. The number of ether oxygens (including phenoxy) is 2. The number of nitrogens with one attached hydrogen (secondary N) is 2. The summed E-state index contributed by atoms with van der Waals surface area (Å²) in [5, 5.41) is 14.3. The molecule has 19 heavy (non-hydrogen) atoms. The molecule has 7 heteroatoms. The van der Waals surface area contributed by atoms with Crippen LogP contribution >= 0.6 is 0 Å². The highest BCUT2D eigenvalue weighted by Crippen LogP contribution is 2.22. The topological polar surface area (TPSA) is 96.9 Å². The van der Waals surface area contributed by atoms with Crippen LogP contribution < -0.4 is 10.6 Å². The fourth-order valence-corrected chi connectivity index (χ4v) is 2.36. The summed E-state index contributed by atoms with van der Waals surface area (Å²) in [6.07, 6.45) is 2.15. The number of carbonyl (C=O) groups excluding carboxylic acids is 1. The maximum absolute atomic E-state index is 11.6. The zero-order chi connectivity index (χ0) is 13.8. The van der Waals surface area contributed by atoms with Gasteiger partial charge in [-0.15, -0.1) is 0 Å². The van der Waals surface area contributed by atoms with Crippen molar-refractivity contribution in [1.29, 1.82) is 0 Å². The maximum Gasteiger partial charge on any atom is 0.332 e. The quantitative estimate of drug-likeness (QED) is 0.659. The molecule has 2 atom stereocenters. The summed E-state index contributed by atoms with van der Waals surface area (Å²) in [6, 6.07) is -0.0665. The van der Waals surface area contributed by atoms with Crippen molar-refractivity contribution < 1.29 is 24.2 Å². The minimum Gasteiger partial charge on any atom is -0.479 e. The van der Waals surface area contributed by atoms with E-state index in [2.05, 4.69) is 10.6 Å². The zero-order valence-electron chi connectivity index (χ0n) is 10.9. The van der Waals surface area contributed by atoms with E-state index in [1.807, 2.05) is 0 Å². The van der Waals surface area contributed by atoms with Crippen LogP contribution in [0.4, 0.5) is 4.79 Å². The van der Waals surface area contributed by atoms with Crippen LogP contribution in [0.15, 0.2) is 0 Å². The van der Waals surface area contributed by atoms with Gasteiger partial charge in [-0.2, -0.15) is 0 Å². The zero-order valence-corrected chi connectivity index (χ0v) is 10.9. The summed E-state index contributed by atoms with van der Waals surface area (Å²) in [7, 11) is 1.66. The molecule has 0 aromatic rings. The number of hydrogen-bond acceptors (Lipinski definition) is 4. The first-order valence-corrected chi connectivity index (χ1v) is 6.54. The number of amides is 2. The number of aliphatic carboxylic acids is 1. The molecule has 2 fully saturated rings. The molecule has 1 aliphatic carbocycles. The minimum absolute atomic E-state index is 0.168. The number of carboxylic acids is 1. The molecule has 2 rings (SSSR count). The largest absolute Gasteiger partial charge is 0.479 e. The average Bonchev–Trinajstić information content (AvgIpc) is 2.79. The second-order valence-corrected chi connectivity index (χ2v) is 5.04. The summed E-state index contributed by atoms with van der Waals surface area (Å²) in [5.41, 5.74) is 0. The van der Waals surface area contributed by atoms with E-state index in [0.717, 1.165) is 12.8 Å². The van der Waals surface area contributed by atoms with Gasteiger partial charge in [0, 0.05) is 19.7 Å². The van der Waals surface area contributed by atoms with Crippen molar-refractivity contribution in [1.82, 2.24) is 10.6 Å². The van der Waals surface area contributed by atoms with Gasteiger partial charge in [0.15, 0.2) is 6.10 Å². The summed E-state index contributed by atoms with van der Waals surface area (Å²) >= 11 is 0. The van der Waals surface area contributed by atoms with Crippen molar-refractivity contribution in [3.63, 3.8) is 0 Å². The van der Waals surface area contributed by atoms with Crippen LogP contribution in [-0.4, -0.2) is 55.1 Å². The van der Waals surface area contributed by atoms with Gasteiger partial charge in [-0.25, -0.2) is 9.59 Å². The van der Waals surface area contributed by atoms with Gasteiger partial charge < -0.3 is 25.2 Å². The molecule has 3 N–H and O–H groups in total. The first-order chi connectivity index (χ1) is 9.08. The average molecular weight is 272 g/mol. The highest BCUT2D eigenvalue weighted by molar-refractivity contribution is 5.74. The Kier molecular flexibility index (Phi) is 4.60. The molecule has 2 aliphatic rings. The monoisotopic (exact) mass is 272 g/mol. The number of urea groups is 1. The van der Waals surface area contributed by atoms with E-state index in [9.17, 15) is 9.59 Å². The van der Waals surface area contributed by atoms with E-state index in [0.29, 0.717) is 19.4 Å². The fourth-order valence-electron chi connectivity index (χ4n) is 2.36. The molecule has 0 bridgehead atoms. The molecule has 0 radical (unpaired) electrons. The first kappa shape index (κ1) is 14.1. The normalized spacial score (nSPS) is 33.5. The predicted octanol–water partition coefficient (Wildman–Crippen LogP) is 0.0952.